The van der Waals surface area contributed by atoms with Crippen LogP contribution in [0.3, 0.4) is 0 Å². The average molecular weight is 228 g/mol. The van der Waals surface area contributed by atoms with Crippen LogP contribution in [0.1, 0.15) is 0 Å². The van der Waals surface area contributed by atoms with Crippen molar-refractivity contribution < 1.29 is 13.2 Å². The number of benzene rings is 2. The van der Waals surface area contributed by atoms with Crippen LogP contribution in [0.4, 0.5) is 13.2 Å². The predicted octanol–water partition coefficient (Wildman–Crippen LogP) is 3.95. The number of fused-ring (bicyclic) bond motifs is 2. The Morgan fingerprint density at radius 1 is 0.882 bits per heavy atom. The summed E-state index contributed by atoms with van der Waals surface area (Å²) in [5.41, 5.74) is 2.58. The molecule has 0 radical (unpaired) electrons. The predicted molar refractivity (Wildman–Crippen MR) is 62.4 cm³/mol. The van der Waals surface area contributed by atoms with Crippen LogP contribution in [0.2, 0.25) is 5.60 Å². The van der Waals surface area contributed by atoms with E-state index in [1.807, 2.05) is 23.3 Å². The molecule has 17 heavy (non-hydrogen) atoms. The van der Waals surface area contributed by atoms with Gasteiger partial charge in [0.2, 0.25) is 0 Å². The van der Waals surface area contributed by atoms with E-state index in [4.69, 9.17) is 0 Å². The zero-order chi connectivity index (χ0) is 12.6. The second-order valence-electron chi connectivity index (χ2n) is 3.49. The summed E-state index contributed by atoms with van der Waals surface area (Å²) in [6, 6.07) is 7.47. The van der Waals surface area contributed by atoms with E-state index < -0.39 is 17.5 Å². The first-order valence-electron chi connectivity index (χ1n) is 5.47. The number of rotatable bonds is 0. The fourth-order valence-electron chi connectivity index (χ4n) is 1.91. The molecule has 0 nitrogen and oxygen atoms in total. The third kappa shape index (κ3) is 1.80. The molecular formula is C13H8F3Li. The normalized spacial score (nSPS) is 10.7. The molecule has 0 atom stereocenters. The summed E-state index contributed by atoms with van der Waals surface area (Å²) >= 11 is 2.00. The Balaban J connectivity index is 0.000000514. The van der Waals surface area contributed by atoms with Gasteiger partial charge in [0.1, 0.15) is 5.82 Å². The second-order valence-corrected chi connectivity index (χ2v) is 3.49. The van der Waals surface area contributed by atoms with Crippen molar-refractivity contribution in [2.24, 2.45) is 0 Å². The van der Waals surface area contributed by atoms with Crippen molar-refractivity contribution >= 4 is 17.7 Å². The molecule has 0 heterocycles. The zero-order valence-electron chi connectivity index (χ0n) is 9.52. The molecule has 4 bridgehead atoms. The summed E-state index contributed by atoms with van der Waals surface area (Å²) in [5.74, 6) is -2.80. The number of hydrogen-bond donors (Lipinski definition) is 0. The first-order valence-corrected chi connectivity index (χ1v) is 5.47. The third-order valence-corrected chi connectivity index (χ3v) is 2.62. The van der Waals surface area contributed by atoms with Crippen molar-refractivity contribution in [3.8, 4) is 22.3 Å². The van der Waals surface area contributed by atoms with Gasteiger partial charge in [-0.05, 0) is 23.3 Å². The van der Waals surface area contributed by atoms with E-state index in [2.05, 4.69) is 0 Å². The molecular weight excluding hydrogens is 220 g/mol. The molecule has 0 saturated carbocycles. The van der Waals surface area contributed by atoms with Gasteiger partial charge in [0, 0.05) is 5.56 Å². The quantitative estimate of drug-likeness (QED) is 0.403. The van der Waals surface area contributed by atoms with Gasteiger partial charge in [-0.2, -0.15) is 0 Å². The SMILES string of the molecule is Fc1cc2c(F)c(F)c1-c1cccc-2c1.[Li][CH3]. The monoisotopic (exact) mass is 228 g/mol. The maximum absolute atomic E-state index is 13.5. The number of halogens is 3. The van der Waals surface area contributed by atoms with E-state index in [-0.39, 0.29) is 11.1 Å². The van der Waals surface area contributed by atoms with Crippen LogP contribution in [0, 0.1) is 17.5 Å². The molecule has 0 fully saturated rings. The summed E-state index contributed by atoms with van der Waals surface area (Å²) in [5, 5.41) is 0. The number of hydrogen-bond acceptors (Lipinski definition) is 0. The average Bonchev–Trinajstić information content (AvgIpc) is 2.49. The molecule has 0 amide bonds. The summed E-state index contributed by atoms with van der Waals surface area (Å²) in [4.78, 5) is 0. The fourth-order valence-corrected chi connectivity index (χ4v) is 1.91. The standard InChI is InChI=1S/C12H5F3.CH3.Li/c13-9-5-8-6-2-1-3-7(4-6)10(9)12(15)11(8)14;;/h1-5H;1H3;. The van der Waals surface area contributed by atoms with Crippen LogP contribution in [0.15, 0.2) is 30.3 Å². The Kier molecular flexibility index (Phi) is 3.32. The minimum atomic E-state index is -1.11. The molecule has 2 aliphatic carbocycles. The minimum absolute atomic E-state index is 0.0203. The van der Waals surface area contributed by atoms with Gasteiger partial charge >= 0.3 is 23.3 Å². The zero-order valence-corrected chi connectivity index (χ0v) is 9.52. The van der Waals surface area contributed by atoms with E-state index >= 15 is 0 Å². The van der Waals surface area contributed by atoms with E-state index in [1.54, 1.807) is 24.3 Å². The van der Waals surface area contributed by atoms with E-state index in [0.717, 1.165) is 6.07 Å². The first kappa shape index (κ1) is 12.3. The van der Waals surface area contributed by atoms with Crippen LogP contribution in [0.25, 0.3) is 22.3 Å². The van der Waals surface area contributed by atoms with Crippen molar-refractivity contribution in [3.63, 3.8) is 0 Å². The first-order chi connectivity index (χ1) is 8.18. The molecule has 82 valence electrons. The Morgan fingerprint density at radius 3 is 2.24 bits per heavy atom. The molecule has 0 aliphatic heterocycles. The molecule has 2 aromatic carbocycles. The van der Waals surface area contributed by atoms with Gasteiger partial charge in [0.25, 0.3) is 0 Å². The van der Waals surface area contributed by atoms with E-state index in [0.29, 0.717) is 11.1 Å². The van der Waals surface area contributed by atoms with Crippen molar-refractivity contribution in [2.75, 3.05) is 0 Å². The van der Waals surface area contributed by atoms with Gasteiger partial charge in [-0.25, -0.2) is 13.2 Å². The molecule has 4 heteroatoms. The van der Waals surface area contributed by atoms with Gasteiger partial charge in [0.15, 0.2) is 11.6 Å². The van der Waals surface area contributed by atoms with Gasteiger partial charge in [-0.15, -0.1) is 0 Å². The Morgan fingerprint density at radius 2 is 1.53 bits per heavy atom. The molecule has 0 saturated heterocycles. The molecule has 4 rings (SSSR count). The fraction of sp³-hybridized carbons (Fsp3) is 0.0769. The van der Waals surface area contributed by atoms with Crippen molar-refractivity contribution in [2.45, 2.75) is 5.60 Å². The van der Waals surface area contributed by atoms with Gasteiger partial charge < -0.3 is 0 Å². The molecule has 0 spiro atoms. The Bertz CT molecular complexity index is 579. The van der Waals surface area contributed by atoms with Crippen LogP contribution in [-0.4, -0.2) is 17.7 Å². The summed E-state index contributed by atoms with van der Waals surface area (Å²) < 4.78 is 40.4. The van der Waals surface area contributed by atoms with Crippen LogP contribution < -0.4 is 0 Å². The van der Waals surface area contributed by atoms with E-state index in [1.165, 1.54) is 0 Å². The second kappa shape index (κ2) is 4.60. The van der Waals surface area contributed by atoms with Crippen molar-refractivity contribution in [3.05, 3.63) is 47.8 Å². The van der Waals surface area contributed by atoms with E-state index in [9.17, 15) is 13.2 Å². The summed E-state index contributed by atoms with van der Waals surface area (Å²) in [6.07, 6.45) is 0. The van der Waals surface area contributed by atoms with Gasteiger partial charge in [0.05, 0.1) is 5.56 Å². The third-order valence-electron chi connectivity index (χ3n) is 2.62. The van der Waals surface area contributed by atoms with Crippen molar-refractivity contribution in [1.29, 1.82) is 0 Å². The molecule has 0 aromatic heterocycles. The van der Waals surface area contributed by atoms with Crippen molar-refractivity contribution in [1.82, 2.24) is 0 Å². The molecule has 0 unspecified atom stereocenters. The van der Waals surface area contributed by atoms with Gasteiger partial charge in [-0.3, -0.25) is 0 Å². The molecule has 2 aliphatic rings. The Hall–Kier alpha value is -1.17. The van der Waals surface area contributed by atoms with Crippen LogP contribution in [0.5, 0.6) is 0 Å². The molecule has 2 aromatic rings. The summed E-state index contributed by atoms with van der Waals surface area (Å²) in [7, 11) is 0. The van der Waals surface area contributed by atoms with Gasteiger partial charge in [-0.1, -0.05) is 18.2 Å². The maximum atomic E-state index is 13.5. The van der Waals surface area contributed by atoms with Crippen LogP contribution in [-0.2, 0) is 0 Å². The molecule has 0 N–H and O–H groups in total. The Labute approximate surface area is 107 Å². The van der Waals surface area contributed by atoms with Crippen LogP contribution >= 0.6 is 0 Å². The topological polar surface area (TPSA) is 0 Å². The summed E-state index contributed by atoms with van der Waals surface area (Å²) in [6.45, 7) is 0.